The predicted molar refractivity (Wildman–Crippen MR) is 212 cm³/mol. The molecule has 9 heteroatoms. The third-order valence-electron chi connectivity index (χ3n) is 8.80. The maximum Gasteiger partial charge on any atom is 0.266 e. The van der Waals surface area contributed by atoms with Crippen molar-refractivity contribution in [2.24, 2.45) is 0 Å². The minimum atomic E-state index is -0.587. The molecule has 0 bridgehead atoms. The second-order valence-corrected chi connectivity index (χ2v) is 12.5. The Morgan fingerprint density at radius 3 is 1.22 bits per heavy atom. The number of carbonyl (C=O) groups is 6. The van der Waals surface area contributed by atoms with Crippen molar-refractivity contribution in [3.63, 3.8) is 0 Å². The Morgan fingerprint density at radius 2 is 0.818 bits per heavy atom. The number of carbonyl (C=O) groups excluding carboxylic acids is 6. The molecule has 0 aliphatic carbocycles. The van der Waals surface area contributed by atoms with Gasteiger partial charge < -0.3 is 10.6 Å². The lowest BCUT2D eigenvalue weighted by Gasteiger charge is -2.17. The van der Waals surface area contributed by atoms with Gasteiger partial charge in [-0.3, -0.25) is 28.8 Å². The van der Waals surface area contributed by atoms with Crippen molar-refractivity contribution < 1.29 is 28.8 Å². The highest BCUT2D eigenvalue weighted by atomic mass is 16.2. The number of imide groups is 1. The summed E-state index contributed by atoms with van der Waals surface area (Å²) in [5.74, 6) is -2.61. The molecule has 55 heavy (non-hydrogen) atoms. The molecular formula is C46H31N3O6. The highest BCUT2D eigenvalue weighted by Gasteiger charge is 2.37. The molecule has 1 aliphatic rings. The lowest BCUT2D eigenvalue weighted by atomic mass is 10.1. The van der Waals surface area contributed by atoms with E-state index in [2.05, 4.69) is 10.6 Å². The first-order chi connectivity index (χ1) is 26.7. The van der Waals surface area contributed by atoms with E-state index in [4.69, 9.17) is 0 Å². The van der Waals surface area contributed by atoms with Crippen LogP contribution in [-0.4, -0.2) is 35.2 Å². The lowest BCUT2D eigenvalue weighted by molar-refractivity contribution is 0.0920. The lowest BCUT2D eigenvalue weighted by Crippen LogP contribution is -2.30. The molecule has 0 radical (unpaired) electrons. The van der Waals surface area contributed by atoms with Gasteiger partial charge in [0.1, 0.15) is 0 Å². The monoisotopic (exact) mass is 721 g/mol. The van der Waals surface area contributed by atoms with Gasteiger partial charge in [-0.25, -0.2) is 4.90 Å². The van der Waals surface area contributed by atoms with Crippen LogP contribution in [0.5, 0.6) is 0 Å². The number of rotatable bonds is 11. The predicted octanol–water partition coefficient (Wildman–Crippen LogP) is 8.78. The summed E-state index contributed by atoms with van der Waals surface area (Å²) in [6, 6.07) is 42.0. The summed E-state index contributed by atoms with van der Waals surface area (Å²) >= 11 is 0. The average molecular weight is 722 g/mol. The second-order valence-electron chi connectivity index (χ2n) is 12.5. The van der Waals surface area contributed by atoms with Crippen molar-refractivity contribution >= 4 is 64.4 Å². The number of allylic oxidation sites excluding steroid dienone is 2. The maximum atomic E-state index is 13.7. The van der Waals surface area contributed by atoms with Crippen LogP contribution < -0.4 is 15.5 Å². The van der Waals surface area contributed by atoms with Crippen LogP contribution in [0.3, 0.4) is 0 Å². The van der Waals surface area contributed by atoms with Gasteiger partial charge in [-0.15, -0.1) is 0 Å². The summed E-state index contributed by atoms with van der Waals surface area (Å²) in [6.45, 7) is 0. The highest BCUT2D eigenvalue weighted by Crippen LogP contribution is 2.30. The summed E-state index contributed by atoms with van der Waals surface area (Å²) in [6.07, 6.45) is 6.30. The Kier molecular flexibility index (Phi) is 10.3. The molecule has 6 aromatic carbocycles. The van der Waals surface area contributed by atoms with E-state index in [0.717, 1.165) is 16.0 Å². The van der Waals surface area contributed by atoms with Gasteiger partial charge in [0.05, 0.1) is 16.8 Å². The smallest absolute Gasteiger partial charge is 0.266 e. The van der Waals surface area contributed by atoms with Crippen molar-refractivity contribution in [3.05, 3.63) is 208 Å². The minimum Gasteiger partial charge on any atom is -0.322 e. The number of hydrogen-bond donors (Lipinski definition) is 2. The zero-order valence-electron chi connectivity index (χ0n) is 29.1. The van der Waals surface area contributed by atoms with E-state index < -0.39 is 23.6 Å². The van der Waals surface area contributed by atoms with E-state index in [9.17, 15) is 28.8 Å². The molecule has 0 fully saturated rings. The molecule has 0 saturated heterocycles. The number of nitrogens with zero attached hydrogens (tertiary/aromatic N) is 1. The summed E-state index contributed by atoms with van der Waals surface area (Å²) in [5, 5.41) is 5.61. The topological polar surface area (TPSA) is 130 Å². The SMILES string of the molecule is O=C(C=Cc1ccc(NC(=O)c2cc(C(=O)Nc3ccc(C=CC(=O)c4ccccc4)cc3)cc(N3C(=O)c4ccccc4C3=O)c2)cc1)c1ccccc1. The highest BCUT2D eigenvalue weighted by molar-refractivity contribution is 6.34. The summed E-state index contributed by atoms with van der Waals surface area (Å²) in [7, 11) is 0. The molecule has 9 nitrogen and oxygen atoms in total. The second kappa shape index (κ2) is 15.9. The molecule has 1 aliphatic heterocycles. The molecule has 0 unspecified atom stereocenters. The fourth-order valence-corrected chi connectivity index (χ4v) is 5.93. The number of anilines is 3. The van der Waals surface area contributed by atoms with Crippen molar-refractivity contribution in [3.8, 4) is 0 Å². The zero-order valence-corrected chi connectivity index (χ0v) is 29.1. The van der Waals surface area contributed by atoms with Crippen molar-refractivity contribution in [2.45, 2.75) is 0 Å². The summed E-state index contributed by atoms with van der Waals surface area (Å²) < 4.78 is 0. The number of nitrogens with one attached hydrogen (secondary N) is 2. The van der Waals surface area contributed by atoms with Crippen LogP contribution in [0.25, 0.3) is 12.2 Å². The van der Waals surface area contributed by atoms with Gasteiger partial charge in [-0.05, 0) is 77.9 Å². The standard InChI is InChI=1S/C46H31N3O6/c50-41(32-9-3-1-4-10-32)25-19-30-15-21-36(22-16-30)47-43(52)34-27-35(29-38(28-34)49-45(54)39-13-7-8-14-40(39)46(49)55)44(53)48-37-23-17-31(18-24-37)20-26-42(51)33-11-5-2-6-12-33/h1-29H,(H,47,52)(H,48,53). The van der Waals surface area contributed by atoms with Crippen LogP contribution in [0.1, 0.15) is 73.3 Å². The van der Waals surface area contributed by atoms with E-state index in [1.165, 1.54) is 30.4 Å². The number of amides is 4. The van der Waals surface area contributed by atoms with E-state index in [-0.39, 0.29) is 39.5 Å². The van der Waals surface area contributed by atoms with Crippen LogP contribution in [0, 0.1) is 0 Å². The molecule has 1 heterocycles. The van der Waals surface area contributed by atoms with Crippen LogP contribution in [0.4, 0.5) is 17.1 Å². The van der Waals surface area contributed by atoms with E-state index in [1.807, 2.05) is 12.1 Å². The van der Waals surface area contributed by atoms with Crippen LogP contribution in [-0.2, 0) is 0 Å². The van der Waals surface area contributed by atoms with Gasteiger partial charge in [0.15, 0.2) is 11.6 Å². The molecule has 0 atom stereocenters. The van der Waals surface area contributed by atoms with Gasteiger partial charge >= 0.3 is 0 Å². The fraction of sp³-hybridized carbons (Fsp3) is 0. The van der Waals surface area contributed by atoms with Gasteiger partial charge in [-0.2, -0.15) is 0 Å². The van der Waals surface area contributed by atoms with Crippen LogP contribution in [0.15, 0.2) is 164 Å². The first kappa shape index (κ1) is 35.6. The van der Waals surface area contributed by atoms with Gasteiger partial charge in [0, 0.05) is 33.6 Å². The molecule has 4 amide bonds. The molecule has 266 valence electrons. The van der Waals surface area contributed by atoms with Crippen molar-refractivity contribution in [1.29, 1.82) is 0 Å². The fourth-order valence-electron chi connectivity index (χ4n) is 5.93. The third kappa shape index (κ3) is 8.16. The zero-order chi connectivity index (χ0) is 38.3. The van der Waals surface area contributed by atoms with Crippen molar-refractivity contribution in [1.82, 2.24) is 0 Å². The Hall–Kier alpha value is -7.78. The third-order valence-corrected chi connectivity index (χ3v) is 8.80. The average Bonchev–Trinajstić information content (AvgIpc) is 3.49. The van der Waals surface area contributed by atoms with Gasteiger partial charge in [0.2, 0.25) is 0 Å². The summed E-state index contributed by atoms with van der Waals surface area (Å²) in [5.41, 5.74) is 4.02. The number of ketones is 2. The molecule has 0 spiro atoms. The Morgan fingerprint density at radius 1 is 0.436 bits per heavy atom. The first-order valence-electron chi connectivity index (χ1n) is 17.2. The van der Waals surface area contributed by atoms with E-state index in [1.54, 1.807) is 133 Å². The van der Waals surface area contributed by atoms with Crippen LogP contribution in [0.2, 0.25) is 0 Å². The van der Waals surface area contributed by atoms with Crippen LogP contribution >= 0.6 is 0 Å². The largest absolute Gasteiger partial charge is 0.322 e. The first-order valence-corrected chi connectivity index (χ1v) is 17.2. The normalized spacial score (nSPS) is 12.2. The van der Waals surface area contributed by atoms with Crippen molar-refractivity contribution in [2.75, 3.05) is 15.5 Å². The quantitative estimate of drug-likeness (QED) is 0.0782. The number of benzene rings is 6. The van der Waals surface area contributed by atoms with Gasteiger partial charge in [-0.1, -0.05) is 109 Å². The molecule has 6 aromatic rings. The minimum absolute atomic E-state index is 0.0280. The van der Waals surface area contributed by atoms with E-state index in [0.29, 0.717) is 22.5 Å². The van der Waals surface area contributed by atoms with Gasteiger partial charge in [0.25, 0.3) is 23.6 Å². The molecule has 7 rings (SSSR count). The number of hydrogen-bond acceptors (Lipinski definition) is 6. The maximum absolute atomic E-state index is 13.7. The molecular weight excluding hydrogens is 691 g/mol. The summed E-state index contributed by atoms with van der Waals surface area (Å²) in [4.78, 5) is 80.1. The molecule has 0 saturated carbocycles. The Balaban J connectivity index is 1.11. The Bertz CT molecular complexity index is 2350. The Labute approximate surface area is 316 Å². The number of fused-ring (bicyclic) bond motifs is 1. The van der Waals surface area contributed by atoms with E-state index >= 15 is 0 Å². The molecule has 2 N–H and O–H groups in total. The molecule has 0 aromatic heterocycles.